The highest BCUT2D eigenvalue weighted by Crippen LogP contribution is 2.26. The third kappa shape index (κ3) is 6.56. The van der Waals surface area contributed by atoms with Crippen LogP contribution in [0.25, 0.3) is 11.1 Å². The Bertz CT molecular complexity index is 1210. The Labute approximate surface area is 218 Å². The molecule has 0 radical (unpaired) electrons. The lowest BCUT2D eigenvalue weighted by Gasteiger charge is -2.30. The van der Waals surface area contributed by atoms with E-state index in [4.69, 9.17) is 9.47 Å². The van der Waals surface area contributed by atoms with Crippen molar-refractivity contribution in [3.63, 3.8) is 0 Å². The molecule has 7 heteroatoms. The molecule has 4 rings (SSSR count). The predicted molar refractivity (Wildman–Crippen MR) is 146 cm³/mol. The van der Waals surface area contributed by atoms with Crippen molar-refractivity contribution in [2.45, 2.75) is 26.0 Å². The number of methoxy groups -OCH3 is 1. The molecule has 7 nitrogen and oxygen atoms in total. The van der Waals surface area contributed by atoms with Crippen molar-refractivity contribution in [1.82, 2.24) is 10.2 Å². The molecule has 0 unspecified atom stereocenters. The van der Waals surface area contributed by atoms with E-state index >= 15 is 0 Å². The molecule has 0 fully saturated rings. The number of likely N-dealkylation sites (N-methyl/N-ethyl adjacent to an activating group) is 1. The number of nitrogens with one attached hydrogen (secondary N) is 2. The van der Waals surface area contributed by atoms with Gasteiger partial charge in [-0.2, -0.15) is 0 Å². The molecule has 0 saturated carbocycles. The maximum absolute atomic E-state index is 13.4. The SMILES string of the molecule is CO[C@H]1CN(C)C(=O)c2cc(NC(=O)c3ccc(-c4ccccc4)cc3)ccc2OC[C@H](C)NC[C@H]1C. The first-order valence-corrected chi connectivity index (χ1v) is 12.6. The number of carbonyl (C=O) groups excluding carboxylic acids is 2. The maximum Gasteiger partial charge on any atom is 0.257 e. The lowest BCUT2D eigenvalue weighted by Crippen LogP contribution is -2.44. The monoisotopic (exact) mass is 501 g/mol. The fraction of sp³-hybridized carbons (Fsp3) is 0.333. The van der Waals surface area contributed by atoms with Gasteiger partial charge in [-0.25, -0.2) is 0 Å². The number of hydrogen-bond donors (Lipinski definition) is 2. The molecule has 0 aliphatic carbocycles. The molecule has 2 N–H and O–H groups in total. The first kappa shape index (κ1) is 26.4. The highest BCUT2D eigenvalue weighted by molar-refractivity contribution is 6.05. The van der Waals surface area contributed by atoms with Crippen LogP contribution in [0.4, 0.5) is 5.69 Å². The fourth-order valence-corrected chi connectivity index (χ4v) is 4.39. The van der Waals surface area contributed by atoms with Gasteiger partial charge in [-0.15, -0.1) is 0 Å². The first-order chi connectivity index (χ1) is 17.9. The van der Waals surface area contributed by atoms with Gasteiger partial charge in [0.1, 0.15) is 12.4 Å². The minimum absolute atomic E-state index is 0.0956. The quantitative estimate of drug-likeness (QED) is 0.542. The number of fused-ring (bicyclic) bond motifs is 1. The maximum atomic E-state index is 13.4. The standard InChI is InChI=1S/C30H35N3O4/c1-20-17-31-21(2)19-37-27-15-14-25(16-26(27)30(35)33(3)18-28(20)36-4)32-29(34)24-12-10-23(11-13-24)22-8-6-5-7-9-22/h5-16,20-21,28,31H,17-19H2,1-4H3,(H,32,34)/t20-,21+,28+/m1/s1. The summed E-state index contributed by atoms with van der Waals surface area (Å²) >= 11 is 0. The molecule has 1 heterocycles. The van der Waals surface area contributed by atoms with Gasteiger partial charge in [0, 0.05) is 44.5 Å². The summed E-state index contributed by atoms with van der Waals surface area (Å²) in [6.07, 6.45) is -0.112. The number of benzene rings is 3. The molecule has 0 bridgehead atoms. The van der Waals surface area contributed by atoms with Crippen LogP contribution >= 0.6 is 0 Å². The molecule has 0 spiro atoms. The molecule has 2 amide bonds. The Morgan fingerprint density at radius 2 is 1.73 bits per heavy atom. The van der Waals surface area contributed by atoms with Crippen molar-refractivity contribution < 1.29 is 19.1 Å². The van der Waals surface area contributed by atoms with Crippen LogP contribution < -0.4 is 15.4 Å². The van der Waals surface area contributed by atoms with Crippen molar-refractivity contribution in [2.75, 3.05) is 39.2 Å². The summed E-state index contributed by atoms with van der Waals surface area (Å²) in [6.45, 7) is 5.76. The third-order valence-electron chi connectivity index (χ3n) is 6.74. The topological polar surface area (TPSA) is 79.9 Å². The molecule has 194 valence electrons. The summed E-state index contributed by atoms with van der Waals surface area (Å²) in [6, 6.07) is 22.7. The zero-order valence-corrected chi connectivity index (χ0v) is 21.9. The fourth-order valence-electron chi connectivity index (χ4n) is 4.39. The molecule has 1 aliphatic heterocycles. The Balaban J connectivity index is 1.55. The van der Waals surface area contributed by atoms with E-state index in [2.05, 4.69) is 17.6 Å². The van der Waals surface area contributed by atoms with Crippen LogP contribution in [0.3, 0.4) is 0 Å². The number of anilines is 1. The van der Waals surface area contributed by atoms with Gasteiger partial charge in [0.2, 0.25) is 0 Å². The summed E-state index contributed by atoms with van der Waals surface area (Å²) in [7, 11) is 3.43. The molecule has 0 saturated heterocycles. The summed E-state index contributed by atoms with van der Waals surface area (Å²) in [5, 5.41) is 6.40. The summed E-state index contributed by atoms with van der Waals surface area (Å²) in [4.78, 5) is 28.1. The van der Waals surface area contributed by atoms with E-state index in [0.29, 0.717) is 35.7 Å². The summed E-state index contributed by atoms with van der Waals surface area (Å²) in [5.41, 5.74) is 3.58. The van der Waals surface area contributed by atoms with Crippen LogP contribution in [0.2, 0.25) is 0 Å². The number of ether oxygens (including phenoxy) is 2. The van der Waals surface area contributed by atoms with Gasteiger partial charge >= 0.3 is 0 Å². The van der Waals surface area contributed by atoms with Crippen molar-refractivity contribution in [3.05, 3.63) is 83.9 Å². The van der Waals surface area contributed by atoms with E-state index in [1.54, 1.807) is 49.4 Å². The first-order valence-electron chi connectivity index (χ1n) is 12.6. The van der Waals surface area contributed by atoms with E-state index in [-0.39, 0.29) is 29.9 Å². The van der Waals surface area contributed by atoms with Gasteiger partial charge in [0.15, 0.2) is 0 Å². The van der Waals surface area contributed by atoms with Crippen LogP contribution in [0, 0.1) is 5.92 Å². The minimum Gasteiger partial charge on any atom is -0.491 e. The smallest absolute Gasteiger partial charge is 0.257 e. The minimum atomic E-state index is -0.250. The Kier molecular flexibility index (Phi) is 8.58. The second-order valence-corrected chi connectivity index (χ2v) is 9.67. The van der Waals surface area contributed by atoms with Gasteiger partial charge in [-0.1, -0.05) is 49.4 Å². The van der Waals surface area contributed by atoms with Crippen molar-refractivity contribution >= 4 is 17.5 Å². The van der Waals surface area contributed by atoms with Gasteiger partial charge in [-0.05, 0) is 54.3 Å². The normalized spacial score (nSPS) is 20.7. The number of nitrogens with zero attached hydrogens (tertiary/aromatic N) is 1. The molecule has 1 aliphatic rings. The van der Waals surface area contributed by atoms with E-state index in [0.717, 1.165) is 17.7 Å². The van der Waals surface area contributed by atoms with E-state index < -0.39 is 0 Å². The van der Waals surface area contributed by atoms with Crippen molar-refractivity contribution in [3.8, 4) is 16.9 Å². The molecule has 3 aromatic carbocycles. The van der Waals surface area contributed by atoms with Gasteiger partial charge in [-0.3, -0.25) is 9.59 Å². The number of carbonyl (C=O) groups is 2. The highest BCUT2D eigenvalue weighted by atomic mass is 16.5. The lowest BCUT2D eigenvalue weighted by atomic mass is 10.0. The predicted octanol–water partition coefficient (Wildman–Crippen LogP) is 4.70. The highest BCUT2D eigenvalue weighted by Gasteiger charge is 2.25. The van der Waals surface area contributed by atoms with E-state index in [1.165, 1.54) is 0 Å². The van der Waals surface area contributed by atoms with Crippen LogP contribution in [0.15, 0.2) is 72.8 Å². The van der Waals surface area contributed by atoms with Crippen LogP contribution in [0.1, 0.15) is 34.6 Å². The zero-order valence-electron chi connectivity index (χ0n) is 21.9. The van der Waals surface area contributed by atoms with Gasteiger partial charge < -0.3 is 25.0 Å². The molecule has 3 aromatic rings. The van der Waals surface area contributed by atoms with Crippen LogP contribution in [-0.2, 0) is 4.74 Å². The molecule has 0 aromatic heterocycles. The van der Waals surface area contributed by atoms with Crippen molar-refractivity contribution in [1.29, 1.82) is 0 Å². The largest absolute Gasteiger partial charge is 0.491 e. The third-order valence-corrected chi connectivity index (χ3v) is 6.74. The number of amides is 2. The Hall–Kier alpha value is -3.68. The Morgan fingerprint density at radius 3 is 2.43 bits per heavy atom. The zero-order chi connectivity index (χ0) is 26.4. The molecule has 3 atom stereocenters. The lowest BCUT2D eigenvalue weighted by molar-refractivity contribution is 0.0281. The molecular formula is C30H35N3O4. The van der Waals surface area contributed by atoms with E-state index in [1.807, 2.05) is 49.4 Å². The van der Waals surface area contributed by atoms with Crippen LogP contribution in [0.5, 0.6) is 5.75 Å². The second kappa shape index (κ2) is 12.0. The summed E-state index contributed by atoms with van der Waals surface area (Å²) in [5.74, 6) is 0.257. The van der Waals surface area contributed by atoms with Gasteiger partial charge in [0.25, 0.3) is 11.8 Å². The average Bonchev–Trinajstić information content (AvgIpc) is 2.93. The number of rotatable bonds is 4. The molecule has 37 heavy (non-hydrogen) atoms. The second-order valence-electron chi connectivity index (χ2n) is 9.67. The number of hydrogen-bond acceptors (Lipinski definition) is 5. The Morgan fingerprint density at radius 1 is 1.03 bits per heavy atom. The van der Waals surface area contributed by atoms with E-state index in [9.17, 15) is 9.59 Å². The van der Waals surface area contributed by atoms with Gasteiger partial charge in [0.05, 0.1) is 11.7 Å². The molecular weight excluding hydrogens is 466 g/mol. The van der Waals surface area contributed by atoms with Crippen molar-refractivity contribution in [2.24, 2.45) is 5.92 Å². The van der Waals surface area contributed by atoms with Crippen LogP contribution in [-0.4, -0.2) is 62.7 Å². The average molecular weight is 502 g/mol. The summed E-state index contributed by atoms with van der Waals surface area (Å²) < 4.78 is 11.7.